The highest BCUT2D eigenvalue weighted by Crippen LogP contribution is 2.55. The van der Waals surface area contributed by atoms with Crippen LogP contribution in [0.3, 0.4) is 0 Å². The second-order valence-electron chi connectivity index (χ2n) is 7.86. The lowest BCUT2D eigenvalue weighted by molar-refractivity contribution is -0.143. The van der Waals surface area contributed by atoms with Gasteiger partial charge in [-0.2, -0.15) is 5.10 Å². The first kappa shape index (κ1) is 20.2. The van der Waals surface area contributed by atoms with Crippen LogP contribution in [0.25, 0.3) is 0 Å². The van der Waals surface area contributed by atoms with Crippen LogP contribution in [-0.4, -0.2) is 50.6 Å². The van der Waals surface area contributed by atoms with Crippen molar-refractivity contribution in [3.05, 3.63) is 18.3 Å². The van der Waals surface area contributed by atoms with Crippen molar-refractivity contribution >= 4 is 23.5 Å². The van der Waals surface area contributed by atoms with Gasteiger partial charge in [-0.25, -0.2) is 5.48 Å². The van der Waals surface area contributed by atoms with Crippen LogP contribution in [0.15, 0.2) is 18.3 Å². The highest BCUT2D eigenvalue weighted by molar-refractivity contribution is 5.98. The summed E-state index contributed by atoms with van der Waals surface area (Å²) in [5.74, 6) is -1.26. The van der Waals surface area contributed by atoms with E-state index in [1.807, 2.05) is 6.92 Å². The maximum absolute atomic E-state index is 13.2. The average Bonchev–Trinajstić information content (AvgIpc) is 3.35. The molecule has 1 aromatic rings. The molecule has 1 aliphatic carbocycles. The number of anilines is 1. The van der Waals surface area contributed by atoms with E-state index in [4.69, 9.17) is 5.21 Å². The van der Waals surface area contributed by atoms with Crippen LogP contribution in [0.1, 0.15) is 51.9 Å². The third-order valence-electron chi connectivity index (χ3n) is 5.69. The molecule has 1 saturated carbocycles. The number of rotatable bonds is 8. The largest absolute Gasteiger partial charge is 0.330 e. The van der Waals surface area contributed by atoms with Gasteiger partial charge in [-0.1, -0.05) is 19.8 Å². The van der Waals surface area contributed by atoms with E-state index in [2.05, 4.69) is 15.5 Å². The average molecular weight is 389 g/mol. The molecule has 1 unspecified atom stereocenters. The van der Waals surface area contributed by atoms with Gasteiger partial charge in [-0.05, 0) is 43.2 Å². The molecule has 1 aliphatic heterocycles. The summed E-state index contributed by atoms with van der Waals surface area (Å²) in [5, 5.41) is 19.2. The van der Waals surface area contributed by atoms with Gasteiger partial charge in [0.05, 0.1) is 0 Å². The van der Waals surface area contributed by atoms with Crippen LogP contribution >= 0.6 is 0 Å². The molecule has 0 radical (unpaired) electrons. The Morgan fingerprint density at radius 2 is 2.18 bits per heavy atom. The van der Waals surface area contributed by atoms with Crippen molar-refractivity contribution in [3.8, 4) is 0 Å². The third-order valence-corrected chi connectivity index (χ3v) is 5.69. The van der Waals surface area contributed by atoms with Crippen molar-refractivity contribution in [2.75, 3.05) is 11.9 Å². The fourth-order valence-corrected chi connectivity index (χ4v) is 3.91. The van der Waals surface area contributed by atoms with Crippen LogP contribution in [0.5, 0.6) is 0 Å². The lowest BCUT2D eigenvalue weighted by Gasteiger charge is -2.28. The number of nitrogens with zero attached hydrogens (tertiary/aromatic N) is 3. The van der Waals surface area contributed by atoms with E-state index in [-0.39, 0.29) is 23.7 Å². The molecule has 2 fully saturated rings. The first-order valence-electron chi connectivity index (χ1n) is 9.80. The zero-order valence-electron chi connectivity index (χ0n) is 16.1. The van der Waals surface area contributed by atoms with Gasteiger partial charge in [0, 0.05) is 25.1 Å². The van der Waals surface area contributed by atoms with Gasteiger partial charge in [0.25, 0.3) is 0 Å². The molecule has 2 atom stereocenters. The Kier molecular flexibility index (Phi) is 6.23. The summed E-state index contributed by atoms with van der Waals surface area (Å²) < 4.78 is 0. The SMILES string of the molecule is CCCCC(CC(=O)NO)C(=O)N1CC2(CC2)C[C@H]1C(=O)Nc1cccnn1. The van der Waals surface area contributed by atoms with E-state index in [0.717, 1.165) is 25.7 Å². The quantitative estimate of drug-likeness (QED) is 0.457. The fraction of sp³-hybridized carbons (Fsp3) is 0.632. The first-order valence-corrected chi connectivity index (χ1v) is 9.80. The molecule has 152 valence electrons. The van der Waals surface area contributed by atoms with E-state index in [1.165, 1.54) is 6.20 Å². The van der Waals surface area contributed by atoms with Crippen molar-refractivity contribution in [2.24, 2.45) is 11.3 Å². The number of aromatic nitrogens is 2. The molecule has 2 aliphatic rings. The van der Waals surface area contributed by atoms with Gasteiger partial charge < -0.3 is 10.2 Å². The Morgan fingerprint density at radius 1 is 1.39 bits per heavy atom. The highest BCUT2D eigenvalue weighted by Gasteiger charge is 2.55. The van der Waals surface area contributed by atoms with Crippen molar-refractivity contribution in [3.63, 3.8) is 0 Å². The first-order chi connectivity index (χ1) is 13.5. The van der Waals surface area contributed by atoms with Crippen LogP contribution < -0.4 is 10.8 Å². The number of hydrogen-bond acceptors (Lipinski definition) is 6. The number of hydrogen-bond donors (Lipinski definition) is 3. The van der Waals surface area contributed by atoms with Gasteiger partial charge in [0.1, 0.15) is 6.04 Å². The van der Waals surface area contributed by atoms with Crippen LogP contribution in [0.4, 0.5) is 5.82 Å². The van der Waals surface area contributed by atoms with Crippen molar-refractivity contribution < 1.29 is 19.6 Å². The molecule has 9 nitrogen and oxygen atoms in total. The molecule has 0 aromatic carbocycles. The van der Waals surface area contributed by atoms with E-state index >= 15 is 0 Å². The smallest absolute Gasteiger partial charge is 0.248 e. The molecule has 1 aromatic heterocycles. The molecule has 3 N–H and O–H groups in total. The van der Waals surface area contributed by atoms with Crippen molar-refractivity contribution in [1.29, 1.82) is 0 Å². The number of unbranched alkanes of at least 4 members (excludes halogenated alkanes) is 1. The molecular weight excluding hydrogens is 362 g/mol. The molecule has 0 bridgehead atoms. The fourth-order valence-electron chi connectivity index (χ4n) is 3.91. The van der Waals surface area contributed by atoms with E-state index in [1.54, 1.807) is 22.5 Å². The summed E-state index contributed by atoms with van der Waals surface area (Å²) in [6.07, 6.45) is 6.30. The monoisotopic (exact) mass is 389 g/mol. The highest BCUT2D eigenvalue weighted by atomic mass is 16.5. The van der Waals surface area contributed by atoms with Gasteiger partial charge in [0.2, 0.25) is 17.7 Å². The topological polar surface area (TPSA) is 125 Å². The van der Waals surface area contributed by atoms with Crippen LogP contribution in [0.2, 0.25) is 0 Å². The maximum Gasteiger partial charge on any atom is 0.248 e. The molecule has 1 saturated heterocycles. The zero-order valence-corrected chi connectivity index (χ0v) is 16.1. The van der Waals surface area contributed by atoms with Crippen LogP contribution in [0, 0.1) is 11.3 Å². The Morgan fingerprint density at radius 3 is 2.79 bits per heavy atom. The summed E-state index contributed by atoms with van der Waals surface area (Å²) >= 11 is 0. The number of carbonyl (C=O) groups excluding carboxylic acids is 3. The minimum atomic E-state index is -0.588. The van der Waals surface area contributed by atoms with Crippen molar-refractivity contribution in [1.82, 2.24) is 20.6 Å². The molecule has 2 heterocycles. The summed E-state index contributed by atoms with van der Waals surface area (Å²) in [4.78, 5) is 39.4. The van der Waals surface area contributed by atoms with Gasteiger partial charge >= 0.3 is 0 Å². The predicted molar refractivity (Wildman–Crippen MR) is 100 cm³/mol. The Hall–Kier alpha value is -2.55. The van der Waals surface area contributed by atoms with Crippen molar-refractivity contribution in [2.45, 2.75) is 57.9 Å². The summed E-state index contributed by atoms with van der Waals surface area (Å²) in [6, 6.07) is 2.74. The van der Waals surface area contributed by atoms with Gasteiger partial charge in [-0.3, -0.25) is 19.6 Å². The number of carbonyl (C=O) groups is 3. The molecule has 3 rings (SSSR count). The molecular formula is C19H27N5O4. The predicted octanol–water partition coefficient (Wildman–Crippen LogP) is 1.50. The Balaban J connectivity index is 1.74. The molecule has 9 heteroatoms. The van der Waals surface area contributed by atoms with Gasteiger partial charge in [0.15, 0.2) is 5.82 Å². The number of hydroxylamine groups is 1. The molecule has 1 spiro atoms. The lowest BCUT2D eigenvalue weighted by atomic mass is 9.96. The summed E-state index contributed by atoms with van der Waals surface area (Å²) in [5.41, 5.74) is 1.63. The van der Waals surface area contributed by atoms with E-state index in [0.29, 0.717) is 25.2 Å². The Labute approximate surface area is 163 Å². The lowest BCUT2D eigenvalue weighted by Crippen LogP contribution is -2.46. The van der Waals surface area contributed by atoms with Gasteiger partial charge in [-0.15, -0.1) is 5.10 Å². The Bertz CT molecular complexity index is 722. The van der Waals surface area contributed by atoms with E-state index in [9.17, 15) is 14.4 Å². The third kappa shape index (κ3) is 4.64. The minimum Gasteiger partial charge on any atom is -0.330 e. The minimum absolute atomic E-state index is 0.0224. The molecule has 3 amide bonds. The second kappa shape index (κ2) is 8.64. The number of likely N-dealkylation sites (tertiary alicyclic amines) is 1. The summed E-state index contributed by atoms with van der Waals surface area (Å²) in [6.45, 7) is 2.55. The number of nitrogens with one attached hydrogen (secondary N) is 2. The number of amides is 3. The second-order valence-corrected chi connectivity index (χ2v) is 7.86. The zero-order chi connectivity index (χ0) is 20.1. The summed E-state index contributed by atoms with van der Waals surface area (Å²) in [7, 11) is 0. The van der Waals surface area contributed by atoms with Crippen LogP contribution in [-0.2, 0) is 14.4 Å². The van der Waals surface area contributed by atoms with E-state index < -0.39 is 17.9 Å². The standard InChI is InChI=1S/C19H27N5O4/c1-2-3-5-13(10-16(25)23-28)18(27)24-12-19(7-8-19)11-14(24)17(26)21-15-6-4-9-20-22-15/h4,6,9,13-14,28H,2-3,5,7-8,10-12H2,1H3,(H,23,25)(H,21,22,26)/t13?,14-/m0/s1. The normalized spacial score (nSPS) is 20.6. The maximum atomic E-state index is 13.2. The molecule has 28 heavy (non-hydrogen) atoms.